The molecule has 0 saturated heterocycles. The zero-order chi connectivity index (χ0) is 24.5. The predicted molar refractivity (Wildman–Crippen MR) is 135 cm³/mol. The molecule has 3 aromatic rings. The summed E-state index contributed by atoms with van der Waals surface area (Å²) in [5.74, 6) is 0.612. The summed E-state index contributed by atoms with van der Waals surface area (Å²) in [7, 11) is 0. The first-order chi connectivity index (χ1) is 16.4. The largest absolute Gasteiger partial charge is 0.494 e. The minimum Gasteiger partial charge on any atom is -0.494 e. The lowest BCUT2D eigenvalue weighted by atomic mass is 10.2. The van der Waals surface area contributed by atoms with Gasteiger partial charge in [0.1, 0.15) is 17.3 Å². The normalized spacial score (nSPS) is 12.1. The molecule has 1 atom stereocenters. The number of aryl methyl sites for hydroxylation is 1. The molecule has 0 bridgehead atoms. The van der Waals surface area contributed by atoms with Gasteiger partial charge in [0.25, 0.3) is 17.2 Å². The van der Waals surface area contributed by atoms with Crippen LogP contribution in [-0.4, -0.2) is 35.1 Å². The fourth-order valence-electron chi connectivity index (χ4n) is 3.26. The number of hydrogen-bond acceptors (Lipinski definition) is 4. The molecule has 0 spiro atoms. The number of ether oxygens (including phenoxy) is 1. The molecule has 0 aliphatic rings. The number of benzene rings is 2. The second kappa shape index (κ2) is 12.5. The van der Waals surface area contributed by atoms with Crippen LogP contribution in [0.15, 0.2) is 60.9 Å². The van der Waals surface area contributed by atoms with Crippen LogP contribution < -0.4 is 4.74 Å². The monoisotopic (exact) mass is 501 g/mol. The molecule has 1 amide bonds. The molecule has 0 aliphatic heterocycles. The van der Waals surface area contributed by atoms with Gasteiger partial charge in [-0.05, 0) is 42.7 Å². The smallest absolute Gasteiger partial charge is 0.291 e. The van der Waals surface area contributed by atoms with Crippen molar-refractivity contribution in [3.05, 3.63) is 88.6 Å². The molecule has 9 heteroatoms. The van der Waals surface area contributed by atoms with Crippen LogP contribution in [0.5, 0.6) is 5.75 Å². The molecule has 180 valence electrons. The highest BCUT2D eigenvalue weighted by Gasteiger charge is 2.22. The number of aromatic nitrogens is 2. The molecular formula is C25H28ClN3O4S. The summed E-state index contributed by atoms with van der Waals surface area (Å²) in [5, 5.41) is 0.554. The topological polar surface area (TPSA) is 84.7 Å². The Morgan fingerprint density at radius 1 is 1.24 bits per heavy atom. The van der Waals surface area contributed by atoms with Gasteiger partial charge in [-0.15, -0.1) is 0 Å². The minimum absolute atomic E-state index is 0.0598. The molecule has 0 saturated carbocycles. The molecule has 0 radical (unpaired) electrons. The zero-order valence-electron chi connectivity index (χ0n) is 19.2. The lowest BCUT2D eigenvalue weighted by Crippen LogP contribution is -2.27. The molecule has 1 aromatic heterocycles. The van der Waals surface area contributed by atoms with Crippen molar-refractivity contribution in [2.24, 2.45) is 0 Å². The molecule has 1 heterocycles. The van der Waals surface area contributed by atoms with E-state index in [1.54, 1.807) is 29.8 Å². The Labute approximate surface area is 207 Å². The van der Waals surface area contributed by atoms with Crippen molar-refractivity contribution in [3.8, 4) is 5.75 Å². The first-order valence-electron chi connectivity index (χ1n) is 11.0. The predicted octanol–water partition coefficient (Wildman–Crippen LogP) is 5.71. The Bertz CT molecular complexity index is 1160. The van der Waals surface area contributed by atoms with Crippen LogP contribution in [0.2, 0.25) is 5.02 Å². The molecule has 7 nitrogen and oxygen atoms in total. The number of amides is 1. The summed E-state index contributed by atoms with van der Waals surface area (Å²) in [4.78, 5) is 17.2. The molecule has 3 rings (SSSR count). The van der Waals surface area contributed by atoms with Gasteiger partial charge in [0.15, 0.2) is 0 Å². The van der Waals surface area contributed by atoms with Crippen LogP contribution in [0.1, 0.15) is 53.6 Å². The van der Waals surface area contributed by atoms with E-state index in [1.807, 2.05) is 42.5 Å². The Morgan fingerprint density at radius 3 is 2.68 bits per heavy atom. The van der Waals surface area contributed by atoms with E-state index in [0.29, 0.717) is 29.7 Å². The van der Waals surface area contributed by atoms with Crippen LogP contribution in [0.25, 0.3) is 6.08 Å². The van der Waals surface area contributed by atoms with Gasteiger partial charge >= 0.3 is 0 Å². The Hall–Kier alpha value is -2.94. The summed E-state index contributed by atoms with van der Waals surface area (Å²) in [6.45, 7) is 4.95. The quantitative estimate of drug-likeness (QED) is 0.268. The van der Waals surface area contributed by atoms with E-state index in [9.17, 15) is 13.6 Å². The van der Waals surface area contributed by atoms with E-state index in [-0.39, 0.29) is 5.69 Å². The highest BCUT2D eigenvalue weighted by atomic mass is 35.5. The third kappa shape index (κ3) is 7.03. The average Bonchev–Trinajstić information content (AvgIpc) is 3.19. The molecule has 34 heavy (non-hydrogen) atoms. The van der Waals surface area contributed by atoms with Crippen molar-refractivity contribution in [1.29, 1.82) is 0 Å². The summed E-state index contributed by atoms with van der Waals surface area (Å²) < 4.78 is 29.7. The van der Waals surface area contributed by atoms with Gasteiger partial charge in [0.2, 0.25) is 0 Å². The second-order valence-corrected chi connectivity index (χ2v) is 8.96. The molecular weight excluding hydrogens is 474 g/mol. The fraction of sp³-hybridized carbons (Fsp3) is 0.280. The first-order valence-corrected chi connectivity index (χ1v) is 12.5. The van der Waals surface area contributed by atoms with Gasteiger partial charge in [0, 0.05) is 17.4 Å². The van der Waals surface area contributed by atoms with E-state index >= 15 is 0 Å². The van der Waals surface area contributed by atoms with Gasteiger partial charge in [-0.2, -0.15) is 0 Å². The van der Waals surface area contributed by atoms with E-state index in [2.05, 4.69) is 11.9 Å². The van der Waals surface area contributed by atoms with Gasteiger partial charge in [-0.1, -0.05) is 67.8 Å². The SMILES string of the molecule is CCCCCOc1ccc(Cn2cc(C(=O)N(/C=C/c3ccccc3)S(=O)O)nc2C)c(Cl)c1. The average molecular weight is 502 g/mol. The number of hydrogen-bond donors (Lipinski definition) is 1. The number of imidazole rings is 1. The van der Waals surface area contributed by atoms with E-state index in [4.69, 9.17) is 16.3 Å². The highest BCUT2D eigenvalue weighted by Crippen LogP contribution is 2.24. The highest BCUT2D eigenvalue weighted by molar-refractivity contribution is 7.77. The lowest BCUT2D eigenvalue weighted by Gasteiger charge is -2.11. The van der Waals surface area contributed by atoms with Crippen molar-refractivity contribution >= 4 is 34.9 Å². The molecule has 1 unspecified atom stereocenters. The number of rotatable bonds is 11. The van der Waals surface area contributed by atoms with Crippen LogP contribution in [-0.2, 0) is 17.8 Å². The van der Waals surface area contributed by atoms with Crippen molar-refractivity contribution < 1.29 is 18.3 Å². The van der Waals surface area contributed by atoms with E-state index in [1.165, 1.54) is 6.20 Å². The van der Waals surface area contributed by atoms with Crippen molar-refractivity contribution in [1.82, 2.24) is 13.9 Å². The van der Waals surface area contributed by atoms with Gasteiger partial charge in [0.05, 0.1) is 13.2 Å². The zero-order valence-corrected chi connectivity index (χ0v) is 20.8. The van der Waals surface area contributed by atoms with Crippen LogP contribution in [0.3, 0.4) is 0 Å². The standard InChI is InChI=1S/C25H28ClN3O4S/c1-3-4-8-15-33-22-12-11-21(23(26)16-22)17-28-18-24(27-19(28)2)25(30)29(34(31)32)14-13-20-9-6-5-7-10-20/h5-7,9-14,16,18H,3-4,8,15,17H2,1-2H3,(H,31,32)/b14-13+. The third-order valence-corrected chi connectivity index (χ3v) is 6.12. The maximum atomic E-state index is 12.9. The summed E-state index contributed by atoms with van der Waals surface area (Å²) in [5.41, 5.74) is 1.69. The lowest BCUT2D eigenvalue weighted by molar-refractivity contribution is 0.0892. The fourth-order valence-corrected chi connectivity index (χ4v) is 3.90. The van der Waals surface area contributed by atoms with Crippen molar-refractivity contribution in [2.45, 2.75) is 39.7 Å². The maximum Gasteiger partial charge on any atom is 0.291 e. The summed E-state index contributed by atoms with van der Waals surface area (Å²) in [6, 6.07) is 14.7. The Morgan fingerprint density at radius 2 is 2.00 bits per heavy atom. The Balaban J connectivity index is 1.72. The molecule has 2 aromatic carbocycles. The molecule has 1 N–H and O–H groups in total. The molecule has 0 fully saturated rings. The van der Waals surface area contributed by atoms with Crippen LogP contribution in [0, 0.1) is 6.92 Å². The summed E-state index contributed by atoms with van der Waals surface area (Å²) in [6.07, 6.45) is 7.67. The van der Waals surface area contributed by atoms with Gasteiger partial charge in [-0.25, -0.2) is 13.5 Å². The van der Waals surface area contributed by atoms with E-state index < -0.39 is 17.2 Å². The minimum atomic E-state index is -2.54. The van der Waals surface area contributed by atoms with Gasteiger partial charge in [-0.3, -0.25) is 9.35 Å². The number of carbonyl (C=O) groups excluding carboxylic acids is 1. The van der Waals surface area contributed by atoms with Crippen molar-refractivity contribution in [2.75, 3.05) is 6.61 Å². The van der Waals surface area contributed by atoms with Crippen molar-refractivity contribution in [3.63, 3.8) is 0 Å². The van der Waals surface area contributed by atoms with Crippen LogP contribution >= 0.6 is 11.6 Å². The number of unbranched alkanes of at least 4 members (excludes halogenated alkanes) is 2. The molecule has 0 aliphatic carbocycles. The maximum absolute atomic E-state index is 12.9. The number of carbonyl (C=O) groups is 1. The summed E-state index contributed by atoms with van der Waals surface area (Å²) >= 11 is 3.92. The van der Waals surface area contributed by atoms with Gasteiger partial charge < -0.3 is 9.30 Å². The first kappa shape index (κ1) is 25.7. The second-order valence-electron chi connectivity index (χ2n) is 7.70. The third-order valence-electron chi connectivity index (χ3n) is 5.15. The number of nitrogens with zero attached hydrogens (tertiary/aromatic N) is 3. The van der Waals surface area contributed by atoms with E-state index in [0.717, 1.165) is 34.7 Å². The number of halogens is 1. The van der Waals surface area contributed by atoms with Crippen LogP contribution in [0.4, 0.5) is 0 Å². The Kier molecular flexibility index (Phi) is 9.44.